The number of nitrogens with zero attached hydrogens (tertiary/aromatic N) is 3. The Bertz CT molecular complexity index is 1200. The number of hydrogen-bond acceptors (Lipinski definition) is 6. The Morgan fingerprint density at radius 2 is 1.87 bits per heavy atom. The zero-order valence-electron chi connectivity index (χ0n) is 16.4. The molecule has 2 aromatic rings. The molecule has 9 nitrogen and oxygen atoms in total. The van der Waals surface area contributed by atoms with Gasteiger partial charge in [0.2, 0.25) is 17.7 Å². The number of non-ortho nitro benzene ring substituents is 1. The molecule has 1 N–H and O–H groups in total. The summed E-state index contributed by atoms with van der Waals surface area (Å²) in [6.07, 6.45) is 1.56. The van der Waals surface area contributed by atoms with Gasteiger partial charge >= 0.3 is 0 Å². The van der Waals surface area contributed by atoms with E-state index in [1.54, 1.807) is 6.07 Å². The first-order valence-corrected chi connectivity index (χ1v) is 10.3. The quantitative estimate of drug-likeness (QED) is 0.454. The maximum absolute atomic E-state index is 13.8. The molecule has 3 saturated heterocycles. The second-order valence-corrected chi connectivity index (χ2v) is 8.46. The first-order chi connectivity index (χ1) is 15.0. The lowest BCUT2D eigenvalue weighted by Gasteiger charge is -2.36. The third-order valence-electron chi connectivity index (χ3n) is 7.20. The molecule has 0 unspecified atom stereocenters. The van der Waals surface area contributed by atoms with E-state index in [1.807, 2.05) is 23.1 Å². The molecule has 1 spiro atoms. The van der Waals surface area contributed by atoms with Gasteiger partial charge in [-0.1, -0.05) is 24.3 Å². The van der Waals surface area contributed by atoms with E-state index in [0.717, 1.165) is 23.3 Å². The molecule has 31 heavy (non-hydrogen) atoms. The summed E-state index contributed by atoms with van der Waals surface area (Å²) in [5, 5.41) is 14.1. The molecule has 156 valence electrons. The standard InChI is InChI=1S/C22H18N4O5/c27-19-17-16-9-4-10-24(16)22(14-7-1-2-8-15(14)23-21(22)29)18(17)20(28)25(19)12-5-3-6-13(11-12)26(30)31/h1-3,5-8,11,16-18H,4,9-10H2,(H,23,29)/t16-,17+,18-,22+/m0/s1. The fourth-order valence-electron chi connectivity index (χ4n) is 6.16. The number of fused-ring (bicyclic) bond motifs is 7. The third-order valence-corrected chi connectivity index (χ3v) is 7.20. The molecule has 4 heterocycles. The molecule has 6 rings (SSSR count). The summed E-state index contributed by atoms with van der Waals surface area (Å²) in [7, 11) is 0. The lowest BCUT2D eigenvalue weighted by atomic mass is 9.75. The molecule has 0 saturated carbocycles. The van der Waals surface area contributed by atoms with Gasteiger partial charge in [0, 0.05) is 29.4 Å². The highest BCUT2D eigenvalue weighted by Gasteiger charge is 2.74. The number of nitro benzene ring substituents is 1. The normalized spacial score (nSPS) is 31.2. The zero-order valence-corrected chi connectivity index (χ0v) is 16.4. The first-order valence-electron chi connectivity index (χ1n) is 10.3. The predicted molar refractivity (Wildman–Crippen MR) is 109 cm³/mol. The van der Waals surface area contributed by atoms with Crippen LogP contribution in [0.2, 0.25) is 0 Å². The van der Waals surface area contributed by atoms with Gasteiger partial charge in [-0.05, 0) is 31.5 Å². The number of nitrogens with one attached hydrogen (secondary N) is 1. The van der Waals surface area contributed by atoms with Crippen molar-refractivity contribution in [1.29, 1.82) is 0 Å². The minimum Gasteiger partial charge on any atom is -0.324 e. The van der Waals surface area contributed by atoms with Crippen LogP contribution in [0.1, 0.15) is 18.4 Å². The van der Waals surface area contributed by atoms with Crippen molar-refractivity contribution in [3.05, 3.63) is 64.2 Å². The molecule has 0 radical (unpaired) electrons. The lowest BCUT2D eigenvalue weighted by molar-refractivity contribution is -0.384. The Kier molecular flexibility index (Phi) is 3.51. The molecule has 4 atom stereocenters. The van der Waals surface area contributed by atoms with Crippen LogP contribution in [-0.2, 0) is 19.9 Å². The number of anilines is 2. The molecule has 0 aliphatic carbocycles. The van der Waals surface area contributed by atoms with Gasteiger partial charge in [0.15, 0.2) is 0 Å². The molecular formula is C22H18N4O5. The summed E-state index contributed by atoms with van der Waals surface area (Å²) in [6, 6.07) is 12.6. The number of hydrogen-bond donors (Lipinski definition) is 1. The fraction of sp³-hybridized carbons (Fsp3) is 0.318. The number of amides is 3. The summed E-state index contributed by atoms with van der Waals surface area (Å²) < 4.78 is 0. The lowest BCUT2D eigenvalue weighted by Crippen LogP contribution is -2.54. The van der Waals surface area contributed by atoms with Crippen LogP contribution in [0.5, 0.6) is 0 Å². The highest BCUT2D eigenvalue weighted by molar-refractivity contribution is 6.25. The Labute approximate surface area is 176 Å². The zero-order chi connectivity index (χ0) is 21.5. The Morgan fingerprint density at radius 3 is 2.68 bits per heavy atom. The van der Waals surface area contributed by atoms with Crippen LogP contribution in [-0.4, -0.2) is 40.1 Å². The maximum atomic E-state index is 13.8. The molecule has 3 fully saturated rings. The number of carbonyl (C=O) groups excluding carboxylic acids is 3. The van der Waals surface area contributed by atoms with Gasteiger partial charge in [0.05, 0.1) is 22.4 Å². The van der Waals surface area contributed by atoms with Gasteiger partial charge in [0.25, 0.3) is 5.69 Å². The van der Waals surface area contributed by atoms with Crippen molar-refractivity contribution in [2.45, 2.75) is 24.4 Å². The van der Waals surface area contributed by atoms with Crippen LogP contribution >= 0.6 is 0 Å². The van der Waals surface area contributed by atoms with Crippen molar-refractivity contribution in [1.82, 2.24) is 4.90 Å². The number of imide groups is 1. The molecule has 0 bridgehead atoms. The van der Waals surface area contributed by atoms with Gasteiger partial charge in [-0.2, -0.15) is 0 Å². The van der Waals surface area contributed by atoms with E-state index >= 15 is 0 Å². The number of carbonyl (C=O) groups is 3. The van der Waals surface area contributed by atoms with Gasteiger partial charge in [-0.25, -0.2) is 4.90 Å². The van der Waals surface area contributed by atoms with Crippen LogP contribution in [0.15, 0.2) is 48.5 Å². The van der Waals surface area contributed by atoms with Crippen LogP contribution in [0.4, 0.5) is 17.1 Å². The first kappa shape index (κ1) is 18.2. The monoisotopic (exact) mass is 418 g/mol. The van der Waals surface area contributed by atoms with Crippen LogP contribution in [0.3, 0.4) is 0 Å². The Hall–Kier alpha value is -3.59. The molecule has 9 heteroatoms. The number of nitro groups is 1. The summed E-state index contributed by atoms with van der Waals surface area (Å²) in [5.74, 6) is -2.67. The Morgan fingerprint density at radius 1 is 1.06 bits per heavy atom. The summed E-state index contributed by atoms with van der Waals surface area (Å²) in [5.41, 5.74) is 0.126. The highest BCUT2D eigenvalue weighted by Crippen LogP contribution is 2.60. The van der Waals surface area contributed by atoms with Crippen molar-refractivity contribution >= 4 is 34.8 Å². The summed E-state index contributed by atoms with van der Waals surface area (Å²) in [6.45, 7) is 0.636. The van der Waals surface area contributed by atoms with Gasteiger partial charge in [-0.3, -0.25) is 29.4 Å². The van der Waals surface area contributed by atoms with Gasteiger partial charge in [0.1, 0.15) is 5.54 Å². The molecule has 4 aliphatic rings. The second kappa shape index (κ2) is 5.98. The van der Waals surface area contributed by atoms with Crippen molar-refractivity contribution in [3.8, 4) is 0 Å². The molecule has 2 aromatic carbocycles. The predicted octanol–water partition coefficient (Wildman–Crippen LogP) is 2.03. The van der Waals surface area contributed by atoms with Crippen molar-refractivity contribution < 1.29 is 19.3 Å². The van der Waals surface area contributed by atoms with E-state index in [4.69, 9.17) is 0 Å². The molecule has 0 aromatic heterocycles. The van der Waals surface area contributed by atoms with Crippen molar-refractivity contribution in [3.63, 3.8) is 0 Å². The highest BCUT2D eigenvalue weighted by atomic mass is 16.6. The van der Waals surface area contributed by atoms with Gasteiger partial charge in [-0.15, -0.1) is 0 Å². The molecular weight excluding hydrogens is 400 g/mol. The average molecular weight is 418 g/mol. The fourth-order valence-corrected chi connectivity index (χ4v) is 6.16. The maximum Gasteiger partial charge on any atom is 0.271 e. The summed E-state index contributed by atoms with van der Waals surface area (Å²) in [4.78, 5) is 54.5. The minimum absolute atomic E-state index is 0.171. The topological polar surface area (TPSA) is 113 Å². The number of para-hydroxylation sites is 1. The largest absolute Gasteiger partial charge is 0.324 e. The smallest absolute Gasteiger partial charge is 0.271 e. The van der Waals surface area contributed by atoms with E-state index in [9.17, 15) is 24.5 Å². The summed E-state index contributed by atoms with van der Waals surface area (Å²) >= 11 is 0. The minimum atomic E-state index is -1.23. The van der Waals surface area contributed by atoms with E-state index in [2.05, 4.69) is 5.32 Å². The van der Waals surface area contributed by atoms with E-state index in [0.29, 0.717) is 12.2 Å². The van der Waals surface area contributed by atoms with E-state index in [-0.39, 0.29) is 29.2 Å². The molecule has 4 aliphatic heterocycles. The van der Waals surface area contributed by atoms with E-state index in [1.165, 1.54) is 24.3 Å². The van der Waals surface area contributed by atoms with E-state index < -0.39 is 28.2 Å². The van der Waals surface area contributed by atoms with Crippen molar-refractivity contribution in [2.75, 3.05) is 16.8 Å². The number of rotatable bonds is 2. The Balaban J connectivity index is 1.53. The second-order valence-electron chi connectivity index (χ2n) is 8.46. The van der Waals surface area contributed by atoms with Crippen LogP contribution in [0.25, 0.3) is 0 Å². The average Bonchev–Trinajstić information content (AvgIpc) is 3.46. The van der Waals surface area contributed by atoms with Crippen molar-refractivity contribution in [2.24, 2.45) is 11.8 Å². The van der Waals surface area contributed by atoms with Crippen LogP contribution < -0.4 is 10.2 Å². The van der Waals surface area contributed by atoms with Crippen LogP contribution in [0, 0.1) is 22.0 Å². The number of benzene rings is 2. The third kappa shape index (κ3) is 2.06. The SMILES string of the molecule is O=C1[C@H]2[C@@H](C(=O)N1c1cccc([N+](=O)[O-])c1)[C@]1(C(=O)Nc3ccccc31)N1CCC[C@@H]21. The molecule has 3 amide bonds. The van der Waals surface area contributed by atoms with Gasteiger partial charge < -0.3 is 5.32 Å².